The largest absolute Gasteiger partial charge is 0.442 e. The Morgan fingerprint density at radius 3 is 2.72 bits per heavy atom. The third kappa shape index (κ3) is 4.45. The summed E-state index contributed by atoms with van der Waals surface area (Å²) in [6.07, 6.45) is -0.135. The molecule has 3 heterocycles. The van der Waals surface area contributed by atoms with E-state index in [1.54, 1.807) is 12.1 Å². The van der Waals surface area contributed by atoms with Gasteiger partial charge in [-0.3, -0.25) is 9.69 Å². The molecule has 8 nitrogen and oxygen atoms in total. The summed E-state index contributed by atoms with van der Waals surface area (Å²) in [7, 11) is 1.99. The zero-order valence-electron chi connectivity index (χ0n) is 16.6. The van der Waals surface area contributed by atoms with Crippen LogP contribution >= 0.6 is 0 Å². The van der Waals surface area contributed by atoms with Crippen molar-refractivity contribution in [3.8, 4) is 0 Å². The van der Waals surface area contributed by atoms with E-state index in [9.17, 15) is 14.0 Å². The molecule has 2 atom stereocenters. The number of carbonyl (C=O) groups excluding carboxylic acids is 2. The normalized spacial score (nSPS) is 25.4. The molecule has 3 aliphatic rings. The number of hydrogen-bond donors (Lipinski definition) is 1. The fourth-order valence-electron chi connectivity index (χ4n) is 4.07. The molecule has 3 fully saturated rings. The molecule has 0 aromatic heterocycles. The highest BCUT2D eigenvalue weighted by molar-refractivity contribution is 5.90. The molecule has 4 rings (SSSR count). The van der Waals surface area contributed by atoms with Crippen LogP contribution in [0.25, 0.3) is 0 Å². The van der Waals surface area contributed by atoms with Gasteiger partial charge in [0.25, 0.3) is 0 Å². The average Bonchev–Trinajstić information content (AvgIpc) is 3.32. The summed E-state index contributed by atoms with van der Waals surface area (Å²) in [5.74, 6) is -0.404. The highest BCUT2D eigenvalue weighted by Gasteiger charge is 2.34. The van der Waals surface area contributed by atoms with Crippen molar-refractivity contribution < 1.29 is 23.5 Å². The van der Waals surface area contributed by atoms with Crippen molar-refractivity contribution in [2.24, 2.45) is 5.92 Å². The summed E-state index contributed by atoms with van der Waals surface area (Å²) in [6.45, 7) is 4.62. The Hall–Kier alpha value is -2.39. The summed E-state index contributed by atoms with van der Waals surface area (Å²) < 4.78 is 25.3. The van der Waals surface area contributed by atoms with Crippen molar-refractivity contribution >= 4 is 23.4 Å². The van der Waals surface area contributed by atoms with E-state index in [-0.39, 0.29) is 30.7 Å². The number of anilines is 2. The number of rotatable bonds is 5. The van der Waals surface area contributed by atoms with Crippen molar-refractivity contribution in [3.63, 3.8) is 0 Å². The van der Waals surface area contributed by atoms with Gasteiger partial charge in [0.05, 0.1) is 43.6 Å². The first kappa shape index (κ1) is 19.9. The van der Waals surface area contributed by atoms with Gasteiger partial charge < -0.3 is 24.6 Å². The molecule has 0 saturated carbocycles. The van der Waals surface area contributed by atoms with Crippen LogP contribution in [0.4, 0.5) is 20.6 Å². The molecular formula is C20H27FN4O4. The van der Waals surface area contributed by atoms with E-state index < -0.39 is 12.2 Å². The molecule has 0 bridgehead atoms. The summed E-state index contributed by atoms with van der Waals surface area (Å²) in [4.78, 5) is 30.0. The number of nitrogens with one attached hydrogen (secondary N) is 1. The lowest BCUT2D eigenvalue weighted by atomic mass is 10.1. The van der Waals surface area contributed by atoms with Gasteiger partial charge in [0.2, 0.25) is 5.91 Å². The minimum atomic E-state index is -0.525. The third-order valence-corrected chi connectivity index (χ3v) is 5.73. The molecule has 3 aliphatic heterocycles. The van der Waals surface area contributed by atoms with Crippen molar-refractivity contribution in [1.82, 2.24) is 10.2 Å². The molecule has 2 amide bonds. The molecule has 1 aromatic rings. The molecule has 158 valence electrons. The van der Waals surface area contributed by atoms with Crippen molar-refractivity contribution in [2.45, 2.75) is 12.5 Å². The van der Waals surface area contributed by atoms with Gasteiger partial charge in [-0.2, -0.15) is 0 Å². The van der Waals surface area contributed by atoms with Crippen LogP contribution in [0.5, 0.6) is 0 Å². The minimum Gasteiger partial charge on any atom is -0.442 e. The van der Waals surface area contributed by atoms with Crippen LogP contribution in [-0.2, 0) is 14.3 Å². The first-order valence-electron chi connectivity index (χ1n) is 10.1. The Morgan fingerprint density at radius 2 is 2.03 bits per heavy atom. The molecule has 1 aromatic carbocycles. The molecule has 9 heteroatoms. The number of amides is 2. The lowest BCUT2D eigenvalue weighted by molar-refractivity contribution is -0.124. The quantitative estimate of drug-likeness (QED) is 0.788. The highest BCUT2D eigenvalue weighted by Crippen LogP contribution is 2.28. The van der Waals surface area contributed by atoms with Crippen molar-refractivity contribution in [3.05, 3.63) is 24.0 Å². The smallest absolute Gasteiger partial charge is 0.414 e. The summed E-state index contributed by atoms with van der Waals surface area (Å²) >= 11 is 0. The fourth-order valence-corrected chi connectivity index (χ4v) is 4.07. The maximum atomic E-state index is 14.6. The number of carbonyl (C=O) groups is 2. The fraction of sp³-hybridized carbons (Fsp3) is 0.600. The standard InChI is InChI=1S/C20H27FN4O4/c1-23-5-4-14(12-23)19(26)22-11-16-13-25(20(27)29-16)15-2-3-18(17(21)10-15)24-6-8-28-9-7-24/h2-3,10,14,16H,4-9,11-13H2,1H3,(H,22,26)/t14?,16-/m0/s1. The Balaban J connectivity index is 1.34. The zero-order chi connectivity index (χ0) is 20.4. The van der Waals surface area contributed by atoms with E-state index in [0.717, 1.165) is 19.5 Å². The van der Waals surface area contributed by atoms with Gasteiger partial charge >= 0.3 is 6.09 Å². The van der Waals surface area contributed by atoms with Gasteiger partial charge in [-0.15, -0.1) is 0 Å². The number of ether oxygens (including phenoxy) is 2. The van der Waals surface area contributed by atoms with Gasteiger partial charge in [-0.05, 0) is 38.2 Å². The van der Waals surface area contributed by atoms with Gasteiger partial charge in [0.1, 0.15) is 11.9 Å². The molecule has 1 unspecified atom stereocenters. The summed E-state index contributed by atoms with van der Waals surface area (Å²) in [6, 6.07) is 4.78. The number of nitrogens with zero attached hydrogens (tertiary/aromatic N) is 3. The molecular weight excluding hydrogens is 379 g/mol. The zero-order valence-corrected chi connectivity index (χ0v) is 16.6. The van der Waals surface area contributed by atoms with Crippen LogP contribution in [0.2, 0.25) is 0 Å². The van der Waals surface area contributed by atoms with Crippen LogP contribution in [0, 0.1) is 11.7 Å². The van der Waals surface area contributed by atoms with Crippen molar-refractivity contribution in [1.29, 1.82) is 0 Å². The van der Waals surface area contributed by atoms with Crippen LogP contribution in [0.15, 0.2) is 18.2 Å². The van der Waals surface area contributed by atoms with E-state index in [2.05, 4.69) is 10.2 Å². The predicted octanol–water partition coefficient (Wildman–Crippen LogP) is 1.06. The predicted molar refractivity (Wildman–Crippen MR) is 106 cm³/mol. The second-order valence-electron chi connectivity index (χ2n) is 7.84. The lowest BCUT2D eigenvalue weighted by Crippen LogP contribution is -2.38. The first-order chi connectivity index (χ1) is 14.0. The SMILES string of the molecule is CN1CCC(C(=O)NC[C@H]2CN(c3ccc(N4CCOCC4)c(F)c3)C(=O)O2)C1. The molecule has 0 aliphatic carbocycles. The second-order valence-corrected chi connectivity index (χ2v) is 7.84. The Labute approximate surface area is 169 Å². The van der Waals surface area contributed by atoms with E-state index in [4.69, 9.17) is 9.47 Å². The van der Waals surface area contributed by atoms with Crippen LogP contribution in [0.1, 0.15) is 6.42 Å². The Morgan fingerprint density at radius 1 is 1.24 bits per heavy atom. The second kappa shape index (κ2) is 8.54. The Bertz CT molecular complexity index is 771. The van der Waals surface area contributed by atoms with Gasteiger partial charge in [-0.25, -0.2) is 9.18 Å². The summed E-state index contributed by atoms with van der Waals surface area (Å²) in [5, 5.41) is 2.88. The number of cyclic esters (lactones) is 1. The Kier molecular flexibility index (Phi) is 5.86. The molecule has 0 radical (unpaired) electrons. The van der Waals surface area contributed by atoms with Gasteiger partial charge in [0.15, 0.2) is 0 Å². The maximum absolute atomic E-state index is 14.6. The van der Waals surface area contributed by atoms with Crippen LogP contribution in [-0.4, -0.2) is 82.5 Å². The van der Waals surface area contributed by atoms with E-state index in [0.29, 0.717) is 37.7 Å². The molecule has 3 saturated heterocycles. The average molecular weight is 406 g/mol. The highest BCUT2D eigenvalue weighted by atomic mass is 19.1. The molecule has 0 spiro atoms. The van der Waals surface area contributed by atoms with Crippen molar-refractivity contribution in [2.75, 3.05) is 69.3 Å². The lowest BCUT2D eigenvalue weighted by Gasteiger charge is -2.29. The summed E-state index contributed by atoms with van der Waals surface area (Å²) in [5.41, 5.74) is 0.964. The topological polar surface area (TPSA) is 74.4 Å². The number of hydrogen-bond acceptors (Lipinski definition) is 6. The van der Waals surface area contributed by atoms with E-state index >= 15 is 0 Å². The minimum absolute atomic E-state index is 0.00948. The number of morpholine rings is 1. The molecule has 1 N–H and O–H groups in total. The number of likely N-dealkylation sites (tertiary alicyclic amines) is 1. The number of benzene rings is 1. The van der Waals surface area contributed by atoms with Crippen LogP contribution < -0.4 is 15.1 Å². The monoisotopic (exact) mass is 406 g/mol. The van der Waals surface area contributed by atoms with Gasteiger partial charge in [-0.1, -0.05) is 0 Å². The first-order valence-corrected chi connectivity index (χ1v) is 10.1. The van der Waals surface area contributed by atoms with E-state index in [1.165, 1.54) is 11.0 Å². The third-order valence-electron chi connectivity index (χ3n) is 5.73. The van der Waals surface area contributed by atoms with Gasteiger partial charge in [0, 0.05) is 19.6 Å². The number of halogens is 1. The molecule has 29 heavy (non-hydrogen) atoms. The van der Waals surface area contributed by atoms with E-state index in [1.807, 2.05) is 11.9 Å². The maximum Gasteiger partial charge on any atom is 0.414 e. The van der Waals surface area contributed by atoms with Crippen LogP contribution in [0.3, 0.4) is 0 Å².